The molecule has 2 heterocycles. The standard InChI is InChI=1S/C9H17N3O3S/c1-16(14,15)7-9(2-4-11-5-3-9)6-12(7)8(10)13/h7,11H,2-6H2,1H3,(H2,10,13). The van der Waals surface area contributed by atoms with Crippen LogP contribution >= 0.6 is 0 Å². The van der Waals surface area contributed by atoms with Gasteiger partial charge in [0.15, 0.2) is 9.84 Å². The van der Waals surface area contributed by atoms with E-state index in [1.54, 1.807) is 0 Å². The maximum absolute atomic E-state index is 11.7. The largest absolute Gasteiger partial charge is 0.351 e. The molecule has 1 spiro atoms. The highest BCUT2D eigenvalue weighted by Crippen LogP contribution is 2.46. The first-order valence-corrected chi connectivity index (χ1v) is 7.28. The molecule has 0 bridgehead atoms. The van der Waals surface area contributed by atoms with Crippen LogP contribution in [0.25, 0.3) is 0 Å². The van der Waals surface area contributed by atoms with Crippen LogP contribution in [0.1, 0.15) is 12.8 Å². The average Bonchev–Trinajstić information content (AvgIpc) is 2.13. The smallest absolute Gasteiger partial charge is 0.315 e. The Balaban J connectivity index is 2.27. The summed E-state index contributed by atoms with van der Waals surface area (Å²) in [5, 5.41) is 2.47. The highest BCUT2D eigenvalue weighted by molar-refractivity contribution is 7.91. The van der Waals surface area contributed by atoms with E-state index in [4.69, 9.17) is 5.73 Å². The van der Waals surface area contributed by atoms with Crippen molar-refractivity contribution in [3.63, 3.8) is 0 Å². The Morgan fingerprint density at radius 3 is 2.44 bits per heavy atom. The summed E-state index contributed by atoms with van der Waals surface area (Å²) in [4.78, 5) is 12.4. The third-order valence-corrected chi connectivity index (χ3v) is 5.15. The number of hydrogen-bond acceptors (Lipinski definition) is 4. The summed E-state index contributed by atoms with van der Waals surface area (Å²) < 4.78 is 23.5. The van der Waals surface area contributed by atoms with E-state index in [2.05, 4.69) is 5.32 Å². The van der Waals surface area contributed by atoms with Crippen LogP contribution in [-0.2, 0) is 9.84 Å². The molecule has 1 atom stereocenters. The number of primary amides is 1. The molecule has 2 aliphatic heterocycles. The molecule has 2 rings (SSSR count). The minimum Gasteiger partial charge on any atom is -0.351 e. The van der Waals surface area contributed by atoms with Gasteiger partial charge in [0, 0.05) is 18.2 Å². The topological polar surface area (TPSA) is 92.5 Å². The average molecular weight is 247 g/mol. The lowest BCUT2D eigenvalue weighted by Gasteiger charge is -2.57. The molecule has 0 aromatic rings. The second-order valence-electron chi connectivity index (χ2n) is 4.76. The SMILES string of the molecule is CS(=O)(=O)C1N(C(N)=O)CC12CCNCC2. The molecule has 1 unspecified atom stereocenters. The Morgan fingerprint density at radius 2 is 2.00 bits per heavy atom. The highest BCUT2D eigenvalue weighted by atomic mass is 32.2. The van der Waals surface area contributed by atoms with Crippen molar-refractivity contribution in [2.24, 2.45) is 11.1 Å². The fraction of sp³-hybridized carbons (Fsp3) is 0.889. The number of likely N-dealkylation sites (tertiary alicyclic amines) is 1. The zero-order chi connectivity index (χ0) is 12.0. The minimum absolute atomic E-state index is 0.270. The predicted molar refractivity (Wildman–Crippen MR) is 59.5 cm³/mol. The third kappa shape index (κ3) is 1.67. The van der Waals surface area contributed by atoms with Crippen LogP contribution < -0.4 is 11.1 Å². The zero-order valence-corrected chi connectivity index (χ0v) is 10.1. The fourth-order valence-electron chi connectivity index (χ4n) is 2.93. The lowest BCUT2D eigenvalue weighted by atomic mass is 9.72. The summed E-state index contributed by atoms with van der Waals surface area (Å²) in [5.74, 6) is 0. The van der Waals surface area contributed by atoms with Gasteiger partial charge in [0.05, 0.1) is 0 Å². The number of nitrogens with two attached hydrogens (primary N) is 1. The number of piperidine rings is 1. The third-order valence-electron chi connectivity index (χ3n) is 3.58. The van der Waals surface area contributed by atoms with Crippen LogP contribution in [0.4, 0.5) is 4.79 Å². The minimum atomic E-state index is -3.27. The number of urea groups is 1. The van der Waals surface area contributed by atoms with Gasteiger partial charge >= 0.3 is 6.03 Å². The van der Waals surface area contributed by atoms with E-state index >= 15 is 0 Å². The summed E-state index contributed by atoms with van der Waals surface area (Å²) in [7, 11) is -3.27. The van der Waals surface area contributed by atoms with Gasteiger partial charge in [0.25, 0.3) is 0 Å². The molecule has 0 aromatic heterocycles. The predicted octanol–water partition coefficient (Wildman–Crippen LogP) is -0.879. The molecular weight excluding hydrogens is 230 g/mol. The van der Waals surface area contributed by atoms with Crippen molar-refractivity contribution in [1.82, 2.24) is 10.2 Å². The number of amides is 2. The van der Waals surface area contributed by atoms with Crippen LogP contribution in [0.3, 0.4) is 0 Å². The van der Waals surface area contributed by atoms with Gasteiger partial charge < -0.3 is 16.0 Å². The van der Waals surface area contributed by atoms with E-state index in [1.165, 1.54) is 11.2 Å². The van der Waals surface area contributed by atoms with Gasteiger partial charge in [0.1, 0.15) is 5.37 Å². The van der Waals surface area contributed by atoms with Crippen LogP contribution in [0, 0.1) is 5.41 Å². The molecule has 2 aliphatic rings. The Morgan fingerprint density at radius 1 is 1.44 bits per heavy atom. The van der Waals surface area contributed by atoms with Crippen LogP contribution in [-0.4, -0.2) is 50.6 Å². The molecule has 2 saturated heterocycles. The van der Waals surface area contributed by atoms with Gasteiger partial charge in [-0.2, -0.15) is 0 Å². The lowest BCUT2D eigenvalue weighted by Crippen LogP contribution is -2.71. The summed E-state index contributed by atoms with van der Waals surface area (Å²) >= 11 is 0. The first kappa shape index (κ1) is 11.7. The van der Waals surface area contributed by atoms with Gasteiger partial charge in [-0.3, -0.25) is 0 Å². The summed E-state index contributed by atoms with van der Waals surface area (Å²) in [6, 6.07) is -0.639. The van der Waals surface area contributed by atoms with Crippen molar-refractivity contribution >= 4 is 15.9 Å². The molecule has 0 aromatic carbocycles. The maximum Gasteiger partial charge on any atom is 0.315 e. The highest BCUT2D eigenvalue weighted by Gasteiger charge is 2.58. The van der Waals surface area contributed by atoms with Gasteiger partial charge in [-0.1, -0.05) is 0 Å². The van der Waals surface area contributed by atoms with E-state index in [0.29, 0.717) is 6.54 Å². The summed E-state index contributed by atoms with van der Waals surface area (Å²) in [6.07, 6.45) is 2.75. The van der Waals surface area contributed by atoms with Crippen molar-refractivity contribution < 1.29 is 13.2 Å². The van der Waals surface area contributed by atoms with Gasteiger partial charge in [-0.25, -0.2) is 13.2 Å². The Labute approximate surface area is 95.1 Å². The van der Waals surface area contributed by atoms with Crippen LogP contribution in [0.5, 0.6) is 0 Å². The van der Waals surface area contributed by atoms with Crippen LogP contribution in [0.2, 0.25) is 0 Å². The fourth-order valence-corrected chi connectivity index (χ4v) is 4.79. The second-order valence-corrected chi connectivity index (χ2v) is 6.87. The molecule has 0 aliphatic carbocycles. The number of hydrogen-bond donors (Lipinski definition) is 2. The van der Waals surface area contributed by atoms with Crippen molar-refractivity contribution in [2.75, 3.05) is 25.9 Å². The molecule has 0 saturated carbocycles. The van der Waals surface area contributed by atoms with E-state index in [9.17, 15) is 13.2 Å². The van der Waals surface area contributed by atoms with E-state index < -0.39 is 21.2 Å². The zero-order valence-electron chi connectivity index (χ0n) is 9.27. The van der Waals surface area contributed by atoms with Gasteiger partial charge in [0.2, 0.25) is 0 Å². The Bertz CT molecular complexity index is 400. The molecule has 92 valence electrons. The maximum atomic E-state index is 11.7. The number of carbonyl (C=O) groups excluding carboxylic acids is 1. The van der Waals surface area contributed by atoms with E-state index in [1.807, 2.05) is 0 Å². The van der Waals surface area contributed by atoms with Crippen molar-refractivity contribution in [2.45, 2.75) is 18.2 Å². The van der Waals surface area contributed by atoms with E-state index in [-0.39, 0.29) is 5.41 Å². The number of rotatable bonds is 1. The first-order valence-electron chi connectivity index (χ1n) is 5.32. The monoisotopic (exact) mass is 247 g/mol. The van der Waals surface area contributed by atoms with Crippen molar-refractivity contribution in [1.29, 1.82) is 0 Å². The number of sulfone groups is 1. The second kappa shape index (κ2) is 3.59. The number of nitrogens with zero attached hydrogens (tertiary/aromatic N) is 1. The molecule has 16 heavy (non-hydrogen) atoms. The summed E-state index contributed by atoms with van der Waals surface area (Å²) in [6.45, 7) is 2.08. The van der Waals surface area contributed by atoms with Gasteiger partial charge in [-0.05, 0) is 25.9 Å². The molecule has 0 radical (unpaired) electrons. The van der Waals surface area contributed by atoms with Crippen molar-refractivity contribution in [3.8, 4) is 0 Å². The molecule has 7 heteroatoms. The van der Waals surface area contributed by atoms with Crippen LogP contribution in [0.15, 0.2) is 0 Å². The quantitative estimate of drug-likeness (QED) is 0.629. The Hall–Kier alpha value is -0.820. The van der Waals surface area contributed by atoms with E-state index in [0.717, 1.165) is 25.9 Å². The molecule has 3 N–H and O–H groups in total. The molecule has 2 amide bonds. The van der Waals surface area contributed by atoms with Crippen molar-refractivity contribution in [3.05, 3.63) is 0 Å². The first-order chi connectivity index (χ1) is 7.37. The normalized spacial score (nSPS) is 28.8. The lowest BCUT2D eigenvalue weighted by molar-refractivity contribution is -0.0165. The number of nitrogens with one attached hydrogen (secondary N) is 1. The molecule has 2 fully saturated rings. The molecular formula is C9H17N3O3S. The molecule has 6 nitrogen and oxygen atoms in total. The summed E-state index contributed by atoms with van der Waals surface area (Å²) in [5.41, 5.74) is 4.91. The number of carbonyl (C=O) groups is 1. The Kier molecular flexibility index (Phi) is 2.62. The van der Waals surface area contributed by atoms with Gasteiger partial charge in [-0.15, -0.1) is 0 Å².